The Balaban J connectivity index is 0.00000242. The summed E-state index contributed by atoms with van der Waals surface area (Å²) < 4.78 is 26.6. The molecular formula is C14H22F2IN5. The predicted octanol–water partition coefficient (Wildman–Crippen LogP) is 1.56. The molecule has 8 heteroatoms. The van der Waals surface area contributed by atoms with E-state index < -0.39 is 11.6 Å². The number of nitrogens with two attached hydrogens (primary N) is 1. The van der Waals surface area contributed by atoms with E-state index in [4.69, 9.17) is 5.73 Å². The fourth-order valence-corrected chi connectivity index (χ4v) is 2.27. The maximum atomic E-state index is 13.5. The molecule has 1 atom stereocenters. The number of rotatable bonds is 3. The van der Waals surface area contributed by atoms with Gasteiger partial charge in [0.15, 0.2) is 5.96 Å². The molecule has 3 N–H and O–H groups in total. The topological polar surface area (TPSA) is 56.9 Å². The lowest BCUT2D eigenvalue weighted by molar-refractivity contribution is 0.119. The lowest BCUT2D eigenvalue weighted by atomic mass is 10.2. The molecule has 22 heavy (non-hydrogen) atoms. The van der Waals surface area contributed by atoms with E-state index in [9.17, 15) is 8.78 Å². The second-order valence-electron chi connectivity index (χ2n) is 5.37. The highest BCUT2D eigenvalue weighted by Crippen LogP contribution is 2.14. The molecule has 0 aliphatic carbocycles. The summed E-state index contributed by atoms with van der Waals surface area (Å²) in [5.74, 6) is -1.01. The van der Waals surface area contributed by atoms with Crippen LogP contribution in [0.3, 0.4) is 0 Å². The quantitative estimate of drug-likeness (QED) is 0.439. The van der Waals surface area contributed by atoms with E-state index in [1.165, 1.54) is 0 Å². The number of halogens is 3. The average Bonchev–Trinajstić information content (AvgIpc) is 2.44. The predicted molar refractivity (Wildman–Crippen MR) is 95.8 cm³/mol. The monoisotopic (exact) mass is 425 g/mol. The Morgan fingerprint density at radius 1 is 1.36 bits per heavy atom. The number of nitrogens with zero attached hydrogens (tertiary/aromatic N) is 3. The van der Waals surface area contributed by atoms with Crippen LogP contribution >= 0.6 is 24.0 Å². The van der Waals surface area contributed by atoms with E-state index in [2.05, 4.69) is 27.2 Å². The highest BCUT2D eigenvalue weighted by Gasteiger charge is 2.21. The molecule has 1 aliphatic rings. The van der Waals surface area contributed by atoms with Crippen molar-refractivity contribution in [2.45, 2.75) is 6.04 Å². The van der Waals surface area contributed by atoms with Crippen LogP contribution in [0.5, 0.6) is 0 Å². The minimum Gasteiger partial charge on any atom is -0.370 e. The zero-order chi connectivity index (χ0) is 15.4. The summed E-state index contributed by atoms with van der Waals surface area (Å²) in [5.41, 5.74) is 5.73. The number of piperazine rings is 1. The maximum absolute atomic E-state index is 13.5. The van der Waals surface area contributed by atoms with Gasteiger partial charge in [-0.2, -0.15) is 0 Å². The van der Waals surface area contributed by atoms with Crippen LogP contribution in [0.25, 0.3) is 0 Å². The normalized spacial score (nSPS) is 20.5. The van der Waals surface area contributed by atoms with Crippen LogP contribution in [0.1, 0.15) is 0 Å². The first-order valence-corrected chi connectivity index (χ1v) is 6.86. The van der Waals surface area contributed by atoms with Crippen LogP contribution in [0, 0.1) is 11.6 Å². The summed E-state index contributed by atoms with van der Waals surface area (Å²) in [6, 6.07) is 3.43. The van der Waals surface area contributed by atoms with Gasteiger partial charge in [-0.15, -0.1) is 24.0 Å². The second kappa shape index (κ2) is 8.59. The largest absolute Gasteiger partial charge is 0.370 e. The lowest BCUT2D eigenvalue weighted by Crippen LogP contribution is -2.51. The summed E-state index contributed by atoms with van der Waals surface area (Å²) in [4.78, 5) is 8.68. The molecule has 0 radical (unpaired) electrons. The number of guanidine groups is 1. The van der Waals surface area contributed by atoms with Crippen molar-refractivity contribution >= 4 is 35.6 Å². The number of aliphatic imine (C=N–C) groups is 1. The van der Waals surface area contributed by atoms with E-state index in [0.29, 0.717) is 6.54 Å². The van der Waals surface area contributed by atoms with Crippen LogP contribution in [-0.4, -0.2) is 62.1 Å². The summed E-state index contributed by atoms with van der Waals surface area (Å²) >= 11 is 0. The fourth-order valence-electron chi connectivity index (χ4n) is 2.27. The number of anilines is 1. The van der Waals surface area contributed by atoms with Gasteiger partial charge in [0, 0.05) is 31.7 Å². The third kappa shape index (κ3) is 5.33. The summed E-state index contributed by atoms with van der Waals surface area (Å²) in [7, 11) is 4.11. The first-order valence-electron chi connectivity index (χ1n) is 6.86. The Bertz CT molecular complexity index is 526. The van der Waals surface area contributed by atoms with Crippen LogP contribution in [-0.2, 0) is 0 Å². The molecule has 124 valence electrons. The molecule has 1 unspecified atom stereocenters. The Kier molecular flexibility index (Phi) is 7.43. The summed E-state index contributed by atoms with van der Waals surface area (Å²) in [5, 5.41) is 2.60. The molecule has 1 saturated heterocycles. The number of nitrogens with one attached hydrogen (secondary N) is 1. The summed E-state index contributed by atoms with van der Waals surface area (Å²) in [6.07, 6.45) is 0. The molecule has 0 spiro atoms. The van der Waals surface area contributed by atoms with Gasteiger partial charge < -0.3 is 16.0 Å². The second-order valence-corrected chi connectivity index (χ2v) is 5.37. The van der Waals surface area contributed by atoms with E-state index in [0.717, 1.165) is 37.8 Å². The number of hydrogen-bond donors (Lipinski definition) is 2. The van der Waals surface area contributed by atoms with Crippen molar-refractivity contribution in [3.63, 3.8) is 0 Å². The molecule has 0 aromatic heterocycles. The van der Waals surface area contributed by atoms with Gasteiger partial charge in [-0.25, -0.2) is 8.78 Å². The van der Waals surface area contributed by atoms with E-state index >= 15 is 0 Å². The minimum atomic E-state index is -0.566. The van der Waals surface area contributed by atoms with E-state index in [1.54, 1.807) is 0 Å². The SMILES string of the molecule is CN1CCN(C)C(CN=C(N)Nc2cc(F)ccc2F)C1.I. The maximum Gasteiger partial charge on any atom is 0.193 e. The van der Waals surface area contributed by atoms with E-state index in [1.807, 2.05) is 7.05 Å². The highest BCUT2D eigenvalue weighted by molar-refractivity contribution is 14.0. The Hall–Kier alpha value is -1.00. The van der Waals surface area contributed by atoms with Crippen molar-refractivity contribution < 1.29 is 8.78 Å². The van der Waals surface area contributed by atoms with Gasteiger partial charge >= 0.3 is 0 Å². The Labute approximate surface area is 146 Å². The van der Waals surface area contributed by atoms with Crippen molar-refractivity contribution in [2.24, 2.45) is 10.7 Å². The Morgan fingerprint density at radius 3 is 2.82 bits per heavy atom. The lowest BCUT2D eigenvalue weighted by Gasteiger charge is -2.36. The zero-order valence-electron chi connectivity index (χ0n) is 12.7. The molecule has 1 aromatic carbocycles. The molecule has 0 amide bonds. The molecule has 5 nitrogen and oxygen atoms in total. The molecule has 0 saturated carbocycles. The molecular weight excluding hydrogens is 403 g/mol. The third-order valence-electron chi connectivity index (χ3n) is 3.64. The smallest absolute Gasteiger partial charge is 0.193 e. The number of benzene rings is 1. The van der Waals surface area contributed by atoms with Gasteiger partial charge in [0.2, 0.25) is 0 Å². The van der Waals surface area contributed by atoms with Gasteiger partial charge in [0.1, 0.15) is 11.6 Å². The van der Waals surface area contributed by atoms with Gasteiger partial charge in [-0.1, -0.05) is 0 Å². The van der Waals surface area contributed by atoms with Gasteiger partial charge in [-0.3, -0.25) is 9.89 Å². The average molecular weight is 425 g/mol. The van der Waals surface area contributed by atoms with Crippen molar-refractivity contribution in [3.8, 4) is 0 Å². The van der Waals surface area contributed by atoms with E-state index in [-0.39, 0.29) is 41.7 Å². The van der Waals surface area contributed by atoms with Gasteiger partial charge in [0.05, 0.1) is 12.2 Å². The number of likely N-dealkylation sites (N-methyl/N-ethyl adjacent to an activating group) is 2. The van der Waals surface area contributed by atoms with Crippen LogP contribution in [0.2, 0.25) is 0 Å². The Morgan fingerprint density at radius 2 is 2.09 bits per heavy atom. The first-order chi connectivity index (χ1) is 9.95. The van der Waals surface area contributed by atoms with Crippen LogP contribution in [0.4, 0.5) is 14.5 Å². The van der Waals surface area contributed by atoms with Crippen molar-refractivity contribution in [1.82, 2.24) is 9.80 Å². The number of hydrogen-bond acceptors (Lipinski definition) is 3. The van der Waals surface area contributed by atoms with Gasteiger partial charge in [-0.05, 0) is 26.2 Å². The zero-order valence-corrected chi connectivity index (χ0v) is 15.1. The van der Waals surface area contributed by atoms with Crippen LogP contribution < -0.4 is 11.1 Å². The molecule has 1 fully saturated rings. The van der Waals surface area contributed by atoms with Crippen molar-refractivity contribution in [3.05, 3.63) is 29.8 Å². The molecule has 1 aromatic rings. The first kappa shape index (κ1) is 19.0. The van der Waals surface area contributed by atoms with Crippen LogP contribution in [0.15, 0.2) is 23.2 Å². The molecule has 2 rings (SSSR count). The molecule has 1 heterocycles. The fraction of sp³-hybridized carbons (Fsp3) is 0.500. The standard InChI is InChI=1S/C14H21F2N5.HI/c1-20-5-6-21(2)11(9-20)8-18-14(17)19-13-7-10(15)3-4-12(13)16;/h3-4,7,11H,5-6,8-9H2,1-2H3,(H3,17,18,19);1H. The molecule has 1 aliphatic heterocycles. The highest BCUT2D eigenvalue weighted by atomic mass is 127. The van der Waals surface area contributed by atoms with Gasteiger partial charge in [0.25, 0.3) is 0 Å². The minimum absolute atomic E-state index is 0. The molecule has 0 bridgehead atoms. The van der Waals surface area contributed by atoms with Crippen molar-refractivity contribution in [1.29, 1.82) is 0 Å². The third-order valence-corrected chi connectivity index (χ3v) is 3.64. The summed E-state index contributed by atoms with van der Waals surface area (Å²) in [6.45, 7) is 3.42. The van der Waals surface area contributed by atoms with Crippen molar-refractivity contribution in [2.75, 3.05) is 45.6 Å².